The minimum Gasteiger partial charge on any atom is -0.497 e. The molecule has 1 saturated heterocycles. The topological polar surface area (TPSA) is 71.8 Å². The fraction of sp³-hybridized carbons (Fsp3) is 0.333. The quantitative estimate of drug-likeness (QED) is 0.597. The van der Waals surface area contributed by atoms with Crippen molar-refractivity contribution in [1.29, 1.82) is 0 Å². The fourth-order valence-electron chi connectivity index (χ4n) is 3.76. The van der Waals surface area contributed by atoms with Crippen LogP contribution in [0.5, 0.6) is 5.75 Å². The second-order valence-electron chi connectivity index (χ2n) is 7.49. The number of para-hydroxylation sites is 1. The number of hydrogen-bond donors (Lipinski definition) is 1. The second-order valence-corrected chi connectivity index (χ2v) is 7.49. The Morgan fingerprint density at radius 3 is 2.48 bits per heavy atom. The Kier molecular flexibility index (Phi) is 6.64. The van der Waals surface area contributed by atoms with Crippen LogP contribution in [0.1, 0.15) is 12.5 Å². The first-order chi connectivity index (χ1) is 15.2. The second kappa shape index (κ2) is 9.76. The maximum atomic E-state index is 13.4. The van der Waals surface area contributed by atoms with Gasteiger partial charge in [0.1, 0.15) is 5.75 Å². The number of rotatable bonds is 7. The van der Waals surface area contributed by atoms with E-state index in [-0.39, 0.29) is 5.56 Å². The molecule has 1 fully saturated rings. The lowest BCUT2D eigenvalue weighted by Gasteiger charge is -2.25. The number of H-pyrrole nitrogens is 1. The van der Waals surface area contributed by atoms with Crippen molar-refractivity contribution in [3.05, 3.63) is 70.5 Å². The van der Waals surface area contributed by atoms with Gasteiger partial charge in [-0.3, -0.25) is 19.8 Å². The van der Waals surface area contributed by atoms with Crippen molar-refractivity contribution in [2.75, 3.05) is 46.5 Å². The van der Waals surface area contributed by atoms with E-state index in [1.165, 1.54) is 0 Å². The van der Waals surface area contributed by atoms with Gasteiger partial charge < -0.3 is 9.47 Å². The van der Waals surface area contributed by atoms with Crippen LogP contribution in [0.25, 0.3) is 16.9 Å². The predicted octanol–water partition coefficient (Wildman–Crippen LogP) is 2.98. The van der Waals surface area contributed by atoms with Crippen molar-refractivity contribution in [2.45, 2.75) is 6.92 Å². The lowest BCUT2D eigenvalue weighted by atomic mass is 10.1. The molecule has 7 nitrogen and oxygen atoms in total. The molecule has 0 aliphatic carbocycles. The van der Waals surface area contributed by atoms with Crippen LogP contribution in [0.15, 0.2) is 64.4 Å². The van der Waals surface area contributed by atoms with Crippen LogP contribution in [-0.4, -0.2) is 66.9 Å². The van der Waals surface area contributed by atoms with E-state index < -0.39 is 0 Å². The van der Waals surface area contributed by atoms with Crippen LogP contribution in [0, 0.1) is 0 Å². The zero-order valence-electron chi connectivity index (χ0n) is 18.0. The lowest BCUT2D eigenvalue weighted by Crippen LogP contribution is -2.37. The maximum Gasteiger partial charge on any atom is 0.280 e. The van der Waals surface area contributed by atoms with Crippen LogP contribution in [0.2, 0.25) is 0 Å². The summed E-state index contributed by atoms with van der Waals surface area (Å²) in [6, 6.07) is 17.3. The minimum atomic E-state index is -0.107. The van der Waals surface area contributed by atoms with Crippen molar-refractivity contribution in [2.24, 2.45) is 4.99 Å². The highest BCUT2D eigenvalue weighted by molar-refractivity contribution is 6.03. The van der Waals surface area contributed by atoms with Crippen molar-refractivity contribution < 1.29 is 9.47 Å². The molecule has 0 bridgehead atoms. The number of morpholine rings is 1. The minimum absolute atomic E-state index is 0.107. The van der Waals surface area contributed by atoms with Crippen molar-refractivity contribution >= 4 is 5.71 Å². The monoisotopic (exact) mass is 420 g/mol. The summed E-state index contributed by atoms with van der Waals surface area (Å²) < 4.78 is 12.3. The summed E-state index contributed by atoms with van der Waals surface area (Å²) in [5.74, 6) is 0.769. The van der Waals surface area contributed by atoms with Gasteiger partial charge in [-0.2, -0.15) is 0 Å². The first-order valence-electron chi connectivity index (χ1n) is 10.5. The normalized spacial score (nSPS) is 15.2. The number of hydrogen-bond acceptors (Lipinski definition) is 5. The van der Waals surface area contributed by atoms with Gasteiger partial charge in [0, 0.05) is 30.9 Å². The molecular formula is C24H28N4O3. The number of nitrogens with one attached hydrogen (secondary N) is 1. The molecule has 0 atom stereocenters. The number of methoxy groups -OCH3 is 1. The summed E-state index contributed by atoms with van der Waals surface area (Å²) in [4.78, 5) is 20.5. The molecule has 1 aromatic heterocycles. The van der Waals surface area contributed by atoms with E-state index in [1.807, 2.05) is 61.5 Å². The summed E-state index contributed by atoms with van der Waals surface area (Å²) in [7, 11) is 1.64. The van der Waals surface area contributed by atoms with Gasteiger partial charge in [-0.1, -0.05) is 18.2 Å². The number of benzene rings is 2. The van der Waals surface area contributed by atoms with Crippen LogP contribution < -0.4 is 10.3 Å². The molecule has 0 unspecified atom stereocenters. The molecule has 31 heavy (non-hydrogen) atoms. The molecule has 2 aromatic carbocycles. The zero-order valence-corrected chi connectivity index (χ0v) is 18.0. The van der Waals surface area contributed by atoms with E-state index in [1.54, 1.807) is 11.8 Å². The molecule has 2 heterocycles. The summed E-state index contributed by atoms with van der Waals surface area (Å²) in [5, 5.41) is 3.30. The Balaban J connectivity index is 1.69. The first-order valence-corrected chi connectivity index (χ1v) is 10.5. The molecule has 0 saturated carbocycles. The fourth-order valence-corrected chi connectivity index (χ4v) is 3.76. The van der Waals surface area contributed by atoms with Gasteiger partial charge in [0.15, 0.2) is 0 Å². The van der Waals surface area contributed by atoms with Gasteiger partial charge in [0.25, 0.3) is 5.56 Å². The summed E-state index contributed by atoms with van der Waals surface area (Å²) >= 11 is 0. The van der Waals surface area contributed by atoms with E-state index >= 15 is 0 Å². The highest BCUT2D eigenvalue weighted by atomic mass is 16.5. The standard InChI is InChI=1S/C24H28N4O3/c1-18(25-12-13-27-14-16-31-17-15-27)22-23(19-8-10-21(30-2)11-9-19)26-28(24(22)29)20-6-4-3-5-7-20/h3-11,26H,12-17H2,1-2H3. The molecule has 1 N–H and O–H groups in total. The number of ether oxygens (including phenoxy) is 2. The Morgan fingerprint density at radius 2 is 1.81 bits per heavy atom. The Labute approximate surface area is 181 Å². The summed E-state index contributed by atoms with van der Waals surface area (Å²) in [6.45, 7) is 6.80. The molecule has 4 rings (SSSR count). The maximum absolute atomic E-state index is 13.4. The smallest absolute Gasteiger partial charge is 0.280 e. The number of nitrogens with zero attached hydrogens (tertiary/aromatic N) is 3. The number of aromatic nitrogens is 2. The molecule has 7 heteroatoms. The largest absolute Gasteiger partial charge is 0.497 e. The molecular weight excluding hydrogens is 392 g/mol. The average Bonchev–Trinajstić information content (AvgIpc) is 3.17. The van der Waals surface area contributed by atoms with E-state index in [0.29, 0.717) is 12.1 Å². The molecule has 1 aliphatic heterocycles. The van der Waals surface area contributed by atoms with Crippen molar-refractivity contribution in [1.82, 2.24) is 14.7 Å². The highest BCUT2D eigenvalue weighted by Crippen LogP contribution is 2.24. The third-order valence-corrected chi connectivity index (χ3v) is 5.51. The summed E-state index contributed by atoms with van der Waals surface area (Å²) in [6.07, 6.45) is 0. The van der Waals surface area contributed by atoms with Gasteiger partial charge >= 0.3 is 0 Å². The van der Waals surface area contributed by atoms with Gasteiger partial charge in [-0.25, -0.2) is 4.68 Å². The Hall–Kier alpha value is -3.16. The molecule has 0 spiro atoms. The Morgan fingerprint density at radius 1 is 1.10 bits per heavy atom. The Bertz CT molecular complexity index is 1080. The van der Waals surface area contributed by atoms with E-state index in [9.17, 15) is 4.79 Å². The molecule has 0 amide bonds. The lowest BCUT2D eigenvalue weighted by molar-refractivity contribution is 0.0394. The zero-order chi connectivity index (χ0) is 21.6. The van der Waals surface area contributed by atoms with Crippen LogP contribution in [-0.2, 0) is 4.74 Å². The summed E-state index contributed by atoms with van der Waals surface area (Å²) in [5.41, 5.74) is 3.67. The molecule has 3 aromatic rings. The van der Waals surface area contributed by atoms with Gasteiger partial charge in [-0.05, 0) is 43.3 Å². The third kappa shape index (κ3) is 4.78. The highest BCUT2D eigenvalue weighted by Gasteiger charge is 2.19. The molecule has 1 aliphatic rings. The van der Waals surface area contributed by atoms with Crippen LogP contribution in [0.4, 0.5) is 0 Å². The third-order valence-electron chi connectivity index (χ3n) is 5.51. The van der Waals surface area contributed by atoms with Crippen molar-refractivity contribution in [3.8, 4) is 22.7 Å². The van der Waals surface area contributed by atoms with E-state index in [4.69, 9.17) is 14.5 Å². The molecule has 0 radical (unpaired) electrons. The van der Waals surface area contributed by atoms with Crippen molar-refractivity contribution in [3.63, 3.8) is 0 Å². The molecule has 162 valence electrons. The SMILES string of the molecule is COc1ccc(-c2[nH]n(-c3ccccc3)c(=O)c2C(C)=NCCN2CCOCC2)cc1. The number of aliphatic imine (C=N–C) groups is 1. The first kappa shape index (κ1) is 21.1. The average molecular weight is 421 g/mol. The van der Waals surface area contributed by atoms with Gasteiger partial charge in [0.2, 0.25) is 0 Å². The number of aromatic amines is 1. The van der Waals surface area contributed by atoms with Crippen LogP contribution >= 0.6 is 0 Å². The van der Waals surface area contributed by atoms with E-state index in [2.05, 4.69) is 10.00 Å². The van der Waals surface area contributed by atoms with Gasteiger partial charge in [0.05, 0.1) is 43.8 Å². The van der Waals surface area contributed by atoms with Gasteiger partial charge in [-0.15, -0.1) is 0 Å². The van der Waals surface area contributed by atoms with Crippen LogP contribution in [0.3, 0.4) is 0 Å². The predicted molar refractivity (Wildman–Crippen MR) is 123 cm³/mol. The van der Waals surface area contributed by atoms with E-state index in [0.717, 1.165) is 61.3 Å².